The van der Waals surface area contributed by atoms with Crippen molar-refractivity contribution >= 4 is 11.9 Å². The highest BCUT2D eigenvalue weighted by Gasteiger charge is 2.11. The quantitative estimate of drug-likeness (QED) is 0.440. The first-order valence-corrected chi connectivity index (χ1v) is 4.73. The molecule has 0 aromatic carbocycles. The van der Waals surface area contributed by atoms with Crippen LogP contribution in [0.4, 0.5) is 5.88 Å². The van der Waals surface area contributed by atoms with Gasteiger partial charge in [-0.25, -0.2) is 0 Å². The van der Waals surface area contributed by atoms with E-state index in [4.69, 9.17) is 4.42 Å². The number of hydrogen-bond acceptors (Lipinski definition) is 6. The van der Waals surface area contributed by atoms with Gasteiger partial charge in [-0.05, 0) is 13.0 Å². The summed E-state index contributed by atoms with van der Waals surface area (Å²) in [4.78, 5) is 20.6. The average molecular weight is 228 g/mol. The number of ether oxygens (including phenoxy) is 1. The van der Waals surface area contributed by atoms with Crippen LogP contribution in [-0.2, 0) is 16.1 Å². The summed E-state index contributed by atoms with van der Waals surface area (Å²) in [5, 5.41) is 13.0. The lowest BCUT2D eigenvalue weighted by Crippen LogP contribution is -2.24. The largest absolute Gasteiger partial charge is 0.465 e. The average Bonchev–Trinajstić information content (AvgIpc) is 2.67. The van der Waals surface area contributed by atoms with Gasteiger partial charge in [0.05, 0.1) is 25.8 Å². The molecule has 0 aliphatic heterocycles. The summed E-state index contributed by atoms with van der Waals surface area (Å²) in [7, 11) is 0. The van der Waals surface area contributed by atoms with Gasteiger partial charge in [-0.3, -0.25) is 20.2 Å². The van der Waals surface area contributed by atoms with Gasteiger partial charge in [-0.1, -0.05) is 0 Å². The summed E-state index contributed by atoms with van der Waals surface area (Å²) >= 11 is 0. The summed E-state index contributed by atoms with van der Waals surface area (Å²) in [5.41, 5.74) is 0. The van der Waals surface area contributed by atoms with Crippen LogP contribution >= 0.6 is 0 Å². The highest BCUT2D eigenvalue weighted by atomic mass is 16.6. The molecule has 0 spiro atoms. The van der Waals surface area contributed by atoms with E-state index in [1.54, 1.807) is 6.92 Å². The smallest absolute Gasteiger partial charge is 0.433 e. The minimum Gasteiger partial charge on any atom is -0.465 e. The molecule has 1 rings (SSSR count). The Morgan fingerprint density at radius 2 is 2.38 bits per heavy atom. The molecule has 0 bridgehead atoms. The molecule has 0 atom stereocenters. The maximum atomic E-state index is 10.9. The second-order valence-corrected chi connectivity index (χ2v) is 2.91. The standard InChI is InChI=1S/C9H12N2O5/c1-2-15-9(12)6-10-5-7-3-4-8(16-7)11(13)14/h3-4,10H,2,5-6H2,1H3. The summed E-state index contributed by atoms with van der Waals surface area (Å²) in [6, 6.07) is 2.75. The fourth-order valence-corrected chi connectivity index (χ4v) is 1.06. The predicted octanol–water partition coefficient (Wildman–Crippen LogP) is 0.840. The molecule has 0 unspecified atom stereocenters. The third kappa shape index (κ3) is 3.70. The van der Waals surface area contributed by atoms with Crippen molar-refractivity contribution < 1.29 is 18.9 Å². The summed E-state index contributed by atoms with van der Waals surface area (Å²) in [6.45, 7) is 2.33. The minimum absolute atomic E-state index is 0.0440. The Morgan fingerprint density at radius 3 is 2.94 bits per heavy atom. The van der Waals surface area contributed by atoms with E-state index in [1.807, 2.05) is 0 Å². The number of esters is 1. The van der Waals surface area contributed by atoms with Crippen molar-refractivity contribution in [2.75, 3.05) is 13.2 Å². The second-order valence-electron chi connectivity index (χ2n) is 2.91. The van der Waals surface area contributed by atoms with Gasteiger partial charge in [0.25, 0.3) is 0 Å². The lowest BCUT2D eigenvalue weighted by atomic mass is 10.4. The fourth-order valence-electron chi connectivity index (χ4n) is 1.06. The molecule has 0 aliphatic rings. The van der Waals surface area contributed by atoms with Crippen LogP contribution in [0.5, 0.6) is 0 Å². The molecule has 0 saturated heterocycles. The normalized spacial score (nSPS) is 10.1. The Labute approximate surface area is 91.5 Å². The zero-order valence-corrected chi connectivity index (χ0v) is 8.76. The lowest BCUT2D eigenvalue weighted by molar-refractivity contribution is -0.402. The van der Waals surface area contributed by atoms with Crippen molar-refractivity contribution in [3.05, 3.63) is 28.0 Å². The predicted molar refractivity (Wildman–Crippen MR) is 53.7 cm³/mol. The topological polar surface area (TPSA) is 94.6 Å². The summed E-state index contributed by atoms with van der Waals surface area (Å²) < 4.78 is 9.56. The minimum atomic E-state index is -0.616. The van der Waals surface area contributed by atoms with Crippen LogP contribution in [0.1, 0.15) is 12.7 Å². The number of carbonyl (C=O) groups excluding carboxylic acids is 1. The van der Waals surface area contributed by atoms with Crippen molar-refractivity contribution in [1.29, 1.82) is 0 Å². The van der Waals surface area contributed by atoms with Gasteiger partial charge in [0.1, 0.15) is 10.7 Å². The van der Waals surface area contributed by atoms with E-state index in [9.17, 15) is 14.9 Å². The number of nitrogens with one attached hydrogen (secondary N) is 1. The molecule has 1 aromatic rings. The Kier molecular flexibility index (Phi) is 4.46. The molecule has 0 radical (unpaired) electrons. The molecule has 1 N–H and O–H groups in total. The molecule has 16 heavy (non-hydrogen) atoms. The molecule has 0 fully saturated rings. The lowest BCUT2D eigenvalue weighted by Gasteiger charge is -2.01. The van der Waals surface area contributed by atoms with Gasteiger partial charge in [-0.2, -0.15) is 0 Å². The van der Waals surface area contributed by atoms with Crippen LogP contribution in [0, 0.1) is 10.1 Å². The van der Waals surface area contributed by atoms with E-state index < -0.39 is 4.92 Å². The second kappa shape index (κ2) is 5.86. The van der Waals surface area contributed by atoms with Crippen LogP contribution < -0.4 is 5.32 Å². The molecule has 0 amide bonds. The molecular weight excluding hydrogens is 216 g/mol. The van der Waals surface area contributed by atoms with Crippen molar-refractivity contribution in [2.45, 2.75) is 13.5 Å². The molecule has 7 nitrogen and oxygen atoms in total. The van der Waals surface area contributed by atoms with E-state index in [1.165, 1.54) is 12.1 Å². The number of nitrogens with zero attached hydrogens (tertiary/aromatic N) is 1. The zero-order chi connectivity index (χ0) is 12.0. The number of carbonyl (C=O) groups is 1. The molecular formula is C9H12N2O5. The van der Waals surface area contributed by atoms with Crippen molar-refractivity contribution in [3.8, 4) is 0 Å². The first kappa shape index (κ1) is 12.2. The monoisotopic (exact) mass is 228 g/mol. The maximum Gasteiger partial charge on any atom is 0.433 e. The molecule has 0 saturated carbocycles. The van der Waals surface area contributed by atoms with E-state index in [2.05, 4.69) is 10.1 Å². The van der Waals surface area contributed by atoms with E-state index in [0.717, 1.165) is 0 Å². The zero-order valence-electron chi connectivity index (χ0n) is 8.76. The summed E-state index contributed by atoms with van der Waals surface area (Å²) in [6.07, 6.45) is 0. The van der Waals surface area contributed by atoms with Gasteiger partial charge >= 0.3 is 11.9 Å². The van der Waals surface area contributed by atoms with Crippen molar-refractivity contribution in [1.82, 2.24) is 5.32 Å². The molecule has 0 aliphatic carbocycles. The Hall–Kier alpha value is -1.89. The molecule has 1 aromatic heterocycles. The fraction of sp³-hybridized carbons (Fsp3) is 0.444. The van der Waals surface area contributed by atoms with E-state index >= 15 is 0 Å². The SMILES string of the molecule is CCOC(=O)CNCc1ccc([N+](=O)[O-])o1. The Balaban J connectivity index is 2.32. The molecule has 7 heteroatoms. The van der Waals surface area contributed by atoms with Gasteiger partial charge in [-0.15, -0.1) is 0 Å². The highest BCUT2D eigenvalue weighted by Crippen LogP contribution is 2.14. The Morgan fingerprint density at radius 1 is 1.62 bits per heavy atom. The maximum absolute atomic E-state index is 10.9. The van der Waals surface area contributed by atoms with Crippen molar-refractivity contribution in [3.63, 3.8) is 0 Å². The van der Waals surface area contributed by atoms with Crippen LogP contribution in [0.25, 0.3) is 0 Å². The number of furan rings is 1. The van der Waals surface area contributed by atoms with E-state index in [0.29, 0.717) is 12.4 Å². The van der Waals surface area contributed by atoms with Gasteiger partial charge in [0, 0.05) is 0 Å². The number of hydrogen-bond donors (Lipinski definition) is 1. The van der Waals surface area contributed by atoms with Gasteiger partial charge in [0.2, 0.25) is 0 Å². The highest BCUT2D eigenvalue weighted by molar-refractivity contribution is 5.71. The molecule has 88 valence electrons. The van der Waals surface area contributed by atoms with Crippen LogP contribution in [-0.4, -0.2) is 24.0 Å². The van der Waals surface area contributed by atoms with Gasteiger partial charge < -0.3 is 9.15 Å². The third-order valence-corrected chi connectivity index (χ3v) is 1.70. The first-order chi connectivity index (χ1) is 7.63. The van der Waals surface area contributed by atoms with Gasteiger partial charge in [0.15, 0.2) is 0 Å². The number of nitro groups is 1. The summed E-state index contributed by atoms with van der Waals surface area (Å²) in [5.74, 6) is -0.285. The third-order valence-electron chi connectivity index (χ3n) is 1.70. The van der Waals surface area contributed by atoms with Crippen molar-refractivity contribution in [2.24, 2.45) is 0 Å². The van der Waals surface area contributed by atoms with Crippen LogP contribution in [0.2, 0.25) is 0 Å². The Bertz CT molecular complexity index is 374. The first-order valence-electron chi connectivity index (χ1n) is 4.73. The van der Waals surface area contributed by atoms with E-state index in [-0.39, 0.29) is 24.9 Å². The van der Waals surface area contributed by atoms with Crippen LogP contribution in [0.3, 0.4) is 0 Å². The van der Waals surface area contributed by atoms with Crippen LogP contribution in [0.15, 0.2) is 16.5 Å². The number of rotatable bonds is 6. The molecule has 1 heterocycles.